The molecule has 0 aliphatic heterocycles. The highest BCUT2D eigenvalue weighted by atomic mass is 28.4. The molecule has 0 aromatic rings. The van der Waals surface area contributed by atoms with Crippen molar-refractivity contribution < 1.29 is 9.53 Å². The second-order valence-corrected chi connectivity index (χ2v) is 10.1. The Labute approximate surface area is 83.4 Å². The van der Waals surface area contributed by atoms with Gasteiger partial charge in [0.1, 0.15) is 0 Å². The maximum absolute atomic E-state index is 9.35. The van der Waals surface area contributed by atoms with E-state index in [-0.39, 0.29) is 17.2 Å². The Morgan fingerprint density at radius 1 is 1.15 bits per heavy atom. The Hall–Kier alpha value is 0.137. The molecule has 0 amide bonds. The first kappa shape index (κ1) is 13.1. The quantitative estimate of drug-likeness (QED) is 0.716. The third-order valence-electron chi connectivity index (χ3n) is 2.97. The number of hydrogen-bond acceptors (Lipinski definition) is 2. The highest BCUT2D eigenvalue weighted by Crippen LogP contribution is 2.37. The van der Waals surface area contributed by atoms with Gasteiger partial charge < -0.3 is 9.53 Å². The van der Waals surface area contributed by atoms with Gasteiger partial charge in [-0.25, -0.2) is 0 Å². The largest absolute Gasteiger partial charge is 0.412 e. The summed E-state index contributed by atoms with van der Waals surface area (Å²) in [5, 5.41) is 9.57. The number of rotatable bonds is 3. The summed E-state index contributed by atoms with van der Waals surface area (Å²) in [7, 11) is -1.69. The molecule has 0 unspecified atom stereocenters. The van der Waals surface area contributed by atoms with Gasteiger partial charge in [0.2, 0.25) is 0 Å². The lowest BCUT2D eigenvalue weighted by Crippen LogP contribution is -2.45. The van der Waals surface area contributed by atoms with Crippen molar-refractivity contribution in [2.45, 2.75) is 65.0 Å². The van der Waals surface area contributed by atoms with Crippen molar-refractivity contribution in [3.63, 3.8) is 0 Å². The maximum atomic E-state index is 9.35. The van der Waals surface area contributed by atoms with Crippen LogP contribution >= 0.6 is 0 Å². The van der Waals surface area contributed by atoms with E-state index in [1.165, 1.54) is 0 Å². The van der Waals surface area contributed by atoms with Crippen LogP contribution in [0.3, 0.4) is 0 Å². The summed E-state index contributed by atoms with van der Waals surface area (Å²) in [5.74, 6) is 0. The minimum Gasteiger partial charge on any atom is -0.412 e. The summed E-state index contributed by atoms with van der Waals surface area (Å²) < 4.78 is 5.95. The van der Waals surface area contributed by atoms with Gasteiger partial charge in [-0.1, -0.05) is 20.8 Å². The van der Waals surface area contributed by atoms with Crippen LogP contribution in [-0.4, -0.2) is 25.6 Å². The molecular formula is C10H24O2Si. The molecule has 0 aromatic heterocycles. The molecule has 0 bridgehead atoms. The molecule has 0 rings (SSSR count). The summed E-state index contributed by atoms with van der Waals surface area (Å²) in [6.45, 7) is 14.7. The maximum Gasteiger partial charge on any atom is 0.192 e. The van der Waals surface area contributed by atoms with Gasteiger partial charge in [0.05, 0.1) is 12.2 Å². The van der Waals surface area contributed by atoms with Gasteiger partial charge in [-0.2, -0.15) is 0 Å². The van der Waals surface area contributed by atoms with E-state index in [4.69, 9.17) is 4.43 Å². The molecule has 0 fully saturated rings. The third-order valence-corrected chi connectivity index (χ3v) is 7.54. The Balaban J connectivity index is 4.34. The predicted octanol–water partition coefficient (Wildman–Crippen LogP) is 2.78. The molecule has 0 saturated heterocycles. The van der Waals surface area contributed by atoms with Crippen LogP contribution in [0, 0.1) is 0 Å². The molecule has 0 spiro atoms. The molecular weight excluding hydrogens is 180 g/mol. The second-order valence-electron chi connectivity index (χ2n) is 5.32. The summed E-state index contributed by atoms with van der Waals surface area (Å²) >= 11 is 0. The van der Waals surface area contributed by atoms with Crippen LogP contribution in [0.25, 0.3) is 0 Å². The molecule has 0 heterocycles. The fraction of sp³-hybridized carbons (Fsp3) is 1.00. The molecule has 80 valence electrons. The van der Waals surface area contributed by atoms with Gasteiger partial charge in [0.15, 0.2) is 8.32 Å². The molecule has 0 aliphatic rings. The van der Waals surface area contributed by atoms with Gasteiger partial charge in [-0.05, 0) is 32.0 Å². The topological polar surface area (TPSA) is 29.5 Å². The van der Waals surface area contributed by atoms with E-state index >= 15 is 0 Å². The molecule has 3 heteroatoms. The molecule has 2 nitrogen and oxygen atoms in total. The van der Waals surface area contributed by atoms with Crippen molar-refractivity contribution in [2.24, 2.45) is 0 Å². The predicted molar refractivity (Wildman–Crippen MR) is 59.4 cm³/mol. The molecule has 1 N–H and O–H groups in total. The standard InChI is InChI=1S/C10H24O2Si/c1-8(11)9(2)12-13(6,7)10(3,4)5/h8-9,11H,1-7H3/t8-,9-/m0/s1. The minimum absolute atomic E-state index is 0.0547. The first-order valence-corrected chi connectivity index (χ1v) is 7.84. The van der Waals surface area contributed by atoms with Crippen LogP contribution in [0.2, 0.25) is 18.1 Å². The zero-order chi connectivity index (χ0) is 10.9. The molecule has 0 aromatic carbocycles. The summed E-state index contributed by atoms with van der Waals surface area (Å²) in [5.41, 5.74) is 0. The van der Waals surface area contributed by atoms with Crippen LogP contribution in [0.15, 0.2) is 0 Å². The van der Waals surface area contributed by atoms with Crippen molar-refractivity contribution in [3.8, 4) is 0 Å². The Bertz CT molecular complexity index is 159. The van der Waals surface area contributed by atoms with Gasteiger partial charge in [0.25, 0.3) is 0 Å². The average Bonchev–Trinajstić information content (AvgIpc) is 1.83. The van der Waals surface area contributed by atoms with Gasteiger partial charge in [-0.15, -0.1) is 0 Å². The van der Waals surface area contributed by atoms with Crippen LogP contribution in [0.4, 0.5) is 0 Å². The minimum atomic E-state index is -1.69. The number of aliphatic hydroxyl groups is 1. The monoisotopic (exact) mass is 204 g/mol. The van der Waals surface area contributed by atoms with Crippen molar-refractivity contribution >= 4 is 8.32 Å². The smallest absolute Gasteiger partial charge is 0.192 e. The van der Waals surface area contributed by atoms with Gasteiger partial charge in [0, 0.05) is 0 Å². The molecule has 0 aliphatic carbocycles. The zero-order valence-electron chi connectivity index (χ0n) is 10.0. The SMILES string of the molecule is C[C@H](O)[C@H](C)O[Si](C)(C)C(C)(C)C. The van der Waals surface area contributed by atoms with E-state index < -0.39 is 8.32 Å². The zero-order valence-corrected chi connectivity index (χ0v) is 11.0. The molecule has 0 saturated carbocycles. The van der Waals surface area contributed by atoms with E-state index in [9.17, 15) is 5.11 Å². The van der Waals surface area contributed by atoms with Crippen molar-refractivity contribution in [1.82, 2.24) is 0 Å². The average molecular weight is 204 g/mol. The van der Waals surface area contributed by atoms with E-state index in [0.717, 1.165) is 0 Å². The lowest BCUT2D eigenvalue weighted by atomic mass is 10.2. The second kappa shape index (κ2) is 4.11. The lowest BCUT2D eigenvalue weighted by Gasteiger charge is -2.39. The van der Waals surface area contributed by atoms with E-state index in [1.807, 2.05) is 6.92 Å². The van der Waals surface area contributed by atoms with E-state index in [1.54, 1.807) is 6.92 Å². The highest BCUT2D eigenvalue weighted by Gasteiger charge is 2.38. The van der Waals surface area contributed by atoms with E-state index in [0.29, 0.717) is 0 Å². The van der Waals surface area contributed by atoms with Crippen LogP contribution in [0.5, 0.6) is 0 Å². The van der Waals surface area contributed by atoms with Gasteiger partial charge in [-0.3, -0.25) is 0 Å². The van der Waals surface area contributed by atoms with Crippen LogP contribution < -0.4 is 0 Å². The molecule has 0 radical (unpaired) electrons. The normalized spacial score (nSPS) is 18.5. The van der Waals surface area contributed by atoms with Crippen LogP contribution in [0.1, 0.15) is 34.6 Å². The van der Waals surface area contributed by atoms with Crippen molar-refractivity contribution in [1.29, 1.82) is 0 Å². The third kappa shape index (κ3) is 3.79. The van der Waals surface area contributed by atoms with Gasteiger partial charge >= 0.3 is 0 Å². The fourth-order valence-corrected chi connectivity index (χ4v) is 2.22. The highest BCUT2D eigenvalue weighted by molar-refractivity contribution is 6.74. The number of hydrogen-bond donors (Lipinski definition) is 1. The first-order chi connectivity index (χ1) is 5.58. The lowest BCUT2D eigenvalue weighted by molar-refractivity contribution is 0.0512. The Morgan fingerprint density at radius 2 is 1.54 bits per heavy atom. The summed E-state index contributed by atoms with van der Waals surface area (Å²) in [6, 6.07) is 0. The number of aliphatic hydroxyl groups excluding tert-OH is 1. The van der Waals surface area contributed by atoms with E-state index in [2.05, 4.69) is 33.9 Å². The summed E-state index contributed by atoms with van der Waals surface area (Å²) in [4.78, 5) is 0. The summed E-state index contributed by atoms with van der Waals surface area (Å²) in [6.07, 6.45) is -0.435. The van der Waals surface area contributed by atoms with Crippen LogP contribution in [-0.2, 0) is 4.43 Å². The fourth-order valence-electron chi connectivity index (χ4n) is 0.740. The Morgan fingerprint density at radius 3 is 1.77 bits per heavy atom. The molecule has 2 atom stereocenters. The molecule has 13 heavy (non-hydrogen) atoms. The van der Waals surface area contributed by atoms with Crippen molar-refractivity contribution in [3.05, 3.63) is 0 Å². The van der Waals surface area contributed by atoms with Crippen molar-refractivity contribution in [2.75, 3.05) is 0 Å². The first-order valence-electron chi connectivity index (χ1n) is 4.94. The Kier molecular flexibility index (Phi) is 4.15.